The molecule has 0 bridgehead atoms. The van der Waals surface area contributed by atoms with Crippen molar-refractivity contribution in [1.82, 2.24) is 0 Å². The van der Waals surface area contributed by atoms with E-state index in [0.717, 1.165) is 0 Å². The van der Waals surface area contributed by atoms with Crippen LogP contribution in [0.4, 0.5) is 0 Å². The molecule has 0 radical (unpaired) electrons. The Kier molecular flexibility index (Phi) is 4.36. The molecule has 0 saturated heterocycles. The first kappa shape index (κ1) is 20.2. The molecular weight excluding hydrogens is 473 g/mol. The number of fused-ring (bicyclic) bond motifs is 7. The van der Waals surface area contributed by atoms with E-state index in [1.165, 1.54) is 74.1 Å². The van der Waals surface area contributed by atoms with Gasteiger partial charge in [0.2, 0.25) is 0 Å². The molecule has 0 unspecified atom stereocenters. The van der Waals surface area contributed by atoms with Gasteiger partial charge in [-0.25, -0.2) is 0 Å². The lowest BCUT2D eigenvalue weighted by molar-refractivity contribution is 1.67. The van der Waals surface area contributed by atoms with Crippen molar-refractivity contribution in [3.8, 4) is 22.3 Å². The molecule has 0 aliphatic rings. The lowest BCUT2D eigenvalue weighted by Crippen LogP contribution is -1.91. The van der Waals surface area contributed by atoms with Gasteiger partial charge in [-0.1, -0.05) is 97.1 Å². The van der Waals surface area contributed by atoms with Crippen LogP contribution in [0, 0.1) is 0 Å². The fourth-order valence-electron chi connectivity index (χ4n) is 5.87. The Morgan fingerprint density at radius 3 is 1.81 bits per heavy atom. The van der Waals surface area contributed by atoms with Crippen molar-refractivity contribution in [2.75, 3.05) is 0 Å². The maximum absolute atomic E-state index is 2.33. The lowest BCUT2D eigenvalue weighted by Gasteiger charge is -2.18. The van der Waals surface area contributed by atoms with Crippen LogP contribution in [0.3, 0.4) is 0 Å². The van der Waals surface area contributed by atoms with Crippen LogP contribution >= 0.6 is 22.7 Å². The highest BCUT2D eigenvalue weighted by Gasteiger charge is 2.19. The van der Waals surface area contributed by atoms with Gasteiger partial charge in [0.1, 0.15) is 0 Å². The molecule has 2 heteroatoms. The molecule has 0 aliphatic heterocycles. The van der Waals surface area contributed by atoms with Crippen LogP contribution in [0.25, 0.3) is 74.1 Å². The van der Waals surface area contributed by atoms with Crippen LogP contribution in [-0.4, -0.2) is 0 Å². The summed E-state index contributed by atoms with van der Waals surface area (Å²) in [6.45, 7) is 0. The van der Waals surface area contributed by atoms with E-state index in [0.29, 0.717) is 0 Å². The molecule has 0 aliphatic carbocycles. The van der Waals surface area contributed by atoms with Crippen molar-refractivity contribution in [2.45, 2.75) is 0 Å². The van der Waals surface area contributed by atoms with Gasteiger partial charge in [-0.3, -0.25) is 0 Å². The van der Waals surface area contributed by atoms with E-state index in [1.807, 2.05) is 22.7 Å². The minimum atomic E-state index is 1.26. The number of hydrogen-bond donors (Lipinski definition) is 0. The predicted molar refractivity (Wildman–Crippen MR) is 161 cm³/mol. The van der Waals surface area contributed by atoms with Crippen molar-refractivity contribution in [2.24, 2.45) is 0 Å². The average molecular weight is 493 g/mol. The zero-order valence-electron chi connectivity index (χ0n) is 19.4. The number of hydrogen-bond acceptors (Lipinski definition) is 2. The van der Waals surface area contributed by atoms with Gasteiger partial charge in [0.05, 0.1) is 0 Å². The third kappa shape index (κ3) is 2.80. The summed E-state index contributed by atoms with van der Waals surface area (Å²) in [5, 5.41) is 11.5. The molecule has 0 nitrogen and oxygen atoms in total. The quantitative estimate of drug-likeness (QED) is 0.211. The van der Waals surface area contributed by atoms with Crippen molar-refractivity contribution >= 4 is 74.5 Å². The summed E-state index contributed by atoms with van der Waals surface area (Å²) in [6.07, 6.45) is 0. The third-order valence-electron chi connectivity index (χ3n) is 7.36. The van der Waals surface area contributed by atoms with Crippen LogP contribution in [0.1, 0.15) is 0 Å². The first-order valence-electron chi connectivity index (χ1n) is 12.2. The standard InChI is InChI=1S/C34H20S2/c1-2-9-21(10-3-1)31-22-11-4-6-13-24(22)32(25-14-7-5-12-23(25)31)27-15-8-16-30-33(27)28-17-18-29-26(19-20-35-29)34(28)36-30/h1-20H. The van der Waals surface area contributed by atoms with Gasteiger partial charge in [0.25, 0.3) is 0 Å². The molecule has 0 N–H and O–H groups in total. The molecule has 0 spiro atoms. The number of benzene rings is 6. The zero-order valence-corrected chi connectivity index (χ0v) is 21.0. The summed E-state index contributed by atoms with van der Waals surface area (Å²) in [7, 11) is 0. The van der Waals surface area contributed by atoms with Gasteiger partial charge >= 0.3 is 0 Å². The van der Waals surface area contributed by atoms with Crippen LogP contribution in [0.2, 0.25) is 0 Å². The largest absolute Gasteiger partial charge is 0.144 e. The molecule has 8 rings (SSSR count). The minimum absolute atomic E-state index is 1.26. The van der Waals surface area contributed by atoms with Crippen molar-refractivity contribution in [3.05, 3.63) is 121 Å². The Morgan fingerprint density at radius 1 is 0.417 bits per heavy atom. The highest BCUT2D eigenvalue weighted by molar-refractivity contribution is 7.27. The molecule has 0 amide bonds. The summed E-state index contributed by atoms with van der Waals surface area (Å²) in [5.74, 6) is 0. The van der Waals surface area contributed by atoms with E-state index < -0.39 is 0 Å². The average Bonchev–Trinajstić information content (AvgIpc) is 3.57. The fraction of sp³-hybridized carbons (Fsp3) is 0. The number of rotatable bonds is 2. The van der Waals surface area contributed by atoms with Gasteiger partial charge < -0.3 is 0 Å². The van der Waals surface area contributed by atoms with Crippen molar-refractivity contribution in [1.29, 1.82) is 0 Å². The van der Waals surface area contributed by atoms with E-state index in [4.69, 9.17) is 0 Å². The highest BCUT2D eigenvalue weighted by Crippen LogP contribution is 2.48. The number of thiophene rings is 2. The fourth-order valence-corrected chi connectivity index (χ4v) is 7.99. The summed E-state index contributed by atoms with van der Waals surface area (Å²) in [5.41, 5.74) is 5.22. The maximum Gasteiger partial charge on any atom is 0.0442 e. The van der Waals surface area contributed by atoms with E-state index in [1.54, 1.807) is 0 Å². The molecule has 8 aromatic rings. The Bertz CT molecular complexity index is 2030. The zero-order chi connectivity index (χ0) is 23.6. The molecule has 36 heavy (non-hydrogen) atoms. The van der Waals surface area contributed by atoms with Gasteiger partial charge in [-0.15, -0.1) is 22.7 Å². The summed E-state index contributed by atoms with van der Waals surface area (Å²) < 4.78 is 4.10. The summed E-state index contributed by atoms with van der Waals surface area (Å²) >= 11 is 3.74. The topological polar surface area (TPSA) is 0 Å². The normalized spacial score (nSPS) is 11.9. The Morgan fingerprint density at radius 2 is 1.08 bits per heavy atom. The highest BCUT2D eigenvalue weighted by atomic mass is 32.1. The monoisotopic (exact) mass is 492 g/mol. The smallest absolute Gasteiger partial charge is 0.0442 e. The minimum Gasteiger partial charge on any atom is -0.144 e. The van der Waals surface area contributed by atoms with E-state index >= 15 is 0 Å². The molecular formula is C34H20S2. The molecule has 6 aromatic carbocycles. The molecule has 2 heterocycles. The molecule has 0 fully saturated rings. The second-order valence-electron chi connectivity index (χ2n) is 9.26. The first-order valence-corrected chi connectivity index (χ1v) is 13.9. The molecule has 0 saturated carbocycles. The first-order chi connectivity index (χ1) is 17.9. The van der Waals surface area contributed by atoms with Crippen LogP contribution < -0.4 is 0 Å². The van der Waals surface area contributed by atoms with Crippen LogP contribution in [-0.2, 0) is 0 Å². The molecule has 2 aromatic heterocycles. The van der Waals surface area contributed by atoms with E-state index in [-0.39, 0.29) is 0 Å². The second kappa shape index (κ2) is 7.76. The van der Waals surface area contributed by atoms with Crippen LogP contribution in [0.5, 0.6) is 0 Å². The summed E-state index contributed by atoms with van der Waals surface area (Å²) in [6, 6.07) is 42.4. The summed E-state index contributed by atoms with van der Waals surface area (Å²) in [4.78, 5) is 0. The molecule has 168 valence electrons. The van der Waals surface area contributed by atoms with Gasteiger partial charge in [-0.2, -0.15) is 0 Å². The lowest BCUT2D eigenvalue weighted by atomic mass is 9.85. The Hall–Kier alpha value is -3.98. The van der Waals surface area contributed by atoms with Gasteiger partial charge in [0.15, 0.2) is 0 Å². The van der Waals surface area contributed by atoms with Gasteiger partial charge in [-0.05, 0) is 67.4 Å². The van der Waals surface area contributed by atoms with E-state index in [9.17, 15) is 0 Å². The second-order valence-corrected chi connectivity index (χ2v) is 11.3. The van der Waals surface area contributed by atoms with Gasteiger partial charge in [0, 0.05) is 30.3 Å². The predicted octanol–water partition coefficient (Wildman–Crippen LogP) is 10.9. The van der Waals surface area contributed by atoms with Crippen LogP contribution in [0.15, 0.2) is 121 Å². The molecule has 0 atom stereocenters. The maximum atomic E-state index is 2.33. The third-order valence-corrected chi connectivity index (χ3v) is 9.44. The van der Waals surface area contributed by atoms with Crippen molar-refractivity contribution < 1.29 is 0 Å². The Balaban J connectivity index is 1.58. The van der Waals surface area contributed by atoms with Crippen molar-refractivity contribution in [3.63, 3.8) is 0 Å². The Labute approximate surface area is 216 Å². The SMILES string of the molecule is c1ccc(-c2c3ccccc3c(-c3cccc4sc5c6ccsc6ccc5c34)c3ccccc23)cc1. The van der Waals surface area contributed by atoms with E-state index in [2.05, 4.69) is 121 Å².